The summed E-state index contributed by atoms with van der Waals surface area (Å²) in [4.78, 5) is 22.9. The largest absolute Gasteiger partial charge is 0.493 e. The summed E-state index contributed by atoms with van der Waals surface area (Å²) in [5, 5.41) is 3.33. The second-order valence-corrected chi connectivity index (χ2v) is 6.05. The molecule has 9 heteroatoms. The lowest BCUT2D eigenvalue weighted by molar-refractivity contribution is -0.119. The third-order valence-electron chi connectivity index (χ3n) is 3.09. The molecule has 0 fully saturated rings. The van der Waals surface area contributed by atoms with Gasteiger partial charge in [0.05, 0.1) is 7.11 Å². The lowest BCUT2D eigenvalue weighted by Gasteiger charge is -2.14. The van der Waals surface area contributed by atoms with Gasteiger partial charge in [-0.05, 0) is 42.8 Å². The van der Waals surface area contributed by atoms with Gasteiger partial charge in [-0.2, -0.15) is 0 Å². The van der Waals surface area contributed by atoms with Crippen molar-refractivity contribution in [2.75, 3.05) is 20.3 Å². The Morgan fingerprint density at radius 3 is 2.56 bits per heavy atom. The molecular formula is C16H24N4O4S. The van der Waals surface area contributed by atoms with E-state index in [0.717, 1.165) is 13.0 Å². The Balaban J connectivity index is 2.57. The zero-order valence-electron chi connectivity index (χ0n) is 14.5. The van der Waals surface area contributed by atoms with Crippen molar-refractivity contribution in [1.82, 2.24) is 16.2 Å². The predicted octanol–water partition coefficient (Wildman–Crippen LogP) is 0.714. The van der Waals surface area contributed by atoms with Crippen molar-refractivity contribution >= 4 is 29.1 Å². The van der Waals surface area contributed by atoms with E-state index in [0.29, 0.717) is 28.1 Å². The van der Waals surface area contributed by atoms with Crippen LogP contribution in [0.2, 0.25) is 0 Å². The molecule has 0 aromatic heterocycles. The van der Waals surface area contributed by atoms with Gasteiger partial charge < -0.3 is 20.5 Å². The summed E-state index contributed by atoms with van der Waals surface area (Å²) in [6, 6.07) is 4.55. The summed E-state index contributed by atoms with van der Waals surface area (Å²) in [5.41, 5.74) is 10.5. The van der Waals surface area contributed by atoms with E-state index >= 15 is 0 Å². The zero-order valence-corrected chi connectivity index (χ0v) is 15.4. The fourth-order valence-corrected chi connectivity index (χ4v) is 1.93. The minimum Gasteiger partial charge on any atom is -0.493 e. The highest BCUT2D eigenvalue weighted by atomic mass is 32.1. The van der Waals surface area contributed by atoms with E-state index in [-0.39, 0.29) is 6.61 Å². The molecule has 0 aliphatic rings. The van der Waals surface area contributed by atoms with Crippen LogP contribution < -0.4 is 31.4 Å². The fourth-order valence-electron chi connectivity index (χ4n) is 1.78. The van der Waals surface area contributed by atoms with Crippen molar-refractivity contribution in [2.24, 2.45) is 11.7 Å². The maximum absolute atomic E-state index is 12.1. The number of primary amides is 1. The number of hydrogen-bond acceptors (Lipinski definition) is 5. The van der Waals surface area contributed by atoms with E-state index < -0.39 is 11.8 Å². The summed E-state index contributed by atoms with van der Waals surface area (Å²) < 4.78 is 10.4. The van der Waals surface area contributed by atoms with Crippen LogP contribution >= 0.6 is 12.2 Å². The summed E-state index contributed by atoms with van der Waals surface area (Å²) in [6.07, 6.45) is 0.972. The molecule has 0 saturated carbocycles. The predicted molar refractivity (Wildman–Crippen MR) is 98.3 cm³/mol. The summed E-state index contributed by atoms with van der Waals surface area (Å²) in [5.74, 6) is 0.190. The molecule has 5 N–H and O–H groups in total. The van der Waals surface area contributed by atoms with Gasteiger partial charge in [-0.15, -0.1) is 0 Å². The number of carbonyl (C=O) groups is 2. The zero-order chi connectivity index (χ0) is 18.8. The number of carbonyl (C=O) groups excluding carboxylic acids is 2. The first-order chi connectivity index (χ1) is 11.8. The number of rotatable bonds is 8. The second-order valence-electron chi connectivity index (χ2n) is 5.64. The van der Waals surface area contributed by atoms with Crippen molar-refractivity contribution in [2.45, 2.75) is 20.3 Å². The Kier molecular flexibility index (Phi) is 8.48. The van der Waals surface area contributed by atoms with Crippen molar-refractivity contribution < 1.29 is 19.1 Å². The molecular weight excluding hydrogens is 344 g/mol. The number of hydrazine groups is 1. The molecule has 0 saturated heterocycles. The Bertz CT molecular complexity index is 622. The summed E-state index contributed by atoms with van der Waals surface area (Å²) in [6.45, 7) is 4.67. The molecule has 0 bridgehead atoms. The van der Waals surface area contributed by atoms with Crippen molar-refractivity contribution in [3.8, 4) is 11.5 Å². The molecule has 0 spiro atoms. The number of thiocarbonyl (C=S) groups is 1. The maximum atomic E-state index is 12.1. The van der Waals surface area contributed by atoms with Crippen molar-refractivity contribution in [3.63, 3.8) is 0 Å². The molecule has 1 rings (SSSR count). The molecule has 0 atom stereocenters. The Labute approximate surface area is 152 Å². The third-order valence-corrected chi connectivity index (χ3v) is 3.34. The molecule has 0 radical (unpaired) electrons. The molecule has 8 nitrogen and oxygen atoms in total. The van der Waals surface area contributed by atoms with Gasteiger partial charge in [-0.3, -0.25) is 20.4 Å². The first kappa shape index (κ1) is 20.5. The molecule has 1 aromatic rings. The van der Waals surface area contributed by atoms with Crippen LogP contribution in [-0.2, 0) is 4.79 Å². The number of hydrogen-bond donors (Lipinski definition) is 4. The minimum atomic E-state index is -0.605. The van der Waals surface area contributed by atoms with Crippen LogP contribution in [0.3, 0.4) is 0 Å². The van der Waals surface area contributed by atoms with Crippen LogP contribution in [0.1, 0.15) is 30.6 Å². The van der Waals surface area contributed by atoms with Gasteiger partial charge >= 0.3 is 0 Å². The van der Waals surface area contributed by atoms with Crippen LogP contribution in [0.25, 0.3) is 0 Å². The van der Waals surface area contributed by atoms with E-state index in [2.05, 4.69) is 30.0 Å². The highest BCUT2D eigenvalue weighted by Crippen LogP contribution is 2.27. The number of methoxy groups -OCH3 is 1. The second kappa shape index (κ2) is 10.3. The molecule has 0 aliphatic carbocycles. The first-order valence-corrected chi connectivity index (χ1v) is 8.17. The van der Waals surface area contributed by atoms with E-state index in [9.17, 15) is 9.59 Å². The van der Waals surface area contributed by atoms with Gasteiger partial charge in [0.25, 0.3) is 11.8 Å². The van der Waals surface area contributed by atoms with E-state index in [1.807, 2.05) is 0 Å². The highest BCUT2D eigenvalue weighted by Gasteiger charge is 2.12. The van der Waals surface area contributed by atoms with E-state index in [1.54, 1.807) is 0 Å². The average molecular weight is 368 g/mol. The molecule has 1 aromatic carbocycles. The number of nitrogens with one attached hydrogen (secondary N) is 3. The normalized spacial score (nSPS) is 10.1. The molecule has 0 heterocycles. The van der Waals surface area contributed by atoms with Gasteiger partial charge in [0.2, 0.25) is 0 Å². The third kappa shape index (κ3) is 7.71. The molecule has 25 heavy (non-hydrogen) atoms. The Morgan fingerprint density at radius 1 is 1.24 bits per heavy atom. The summed E-state index contributed by atoms with van der Waals surface area (Å²) >= 11 is 5.08. The molecule has 2 amide bonds. The topological polar surface area (TPSA) is 115 Å². The number of benzene rings is 1. The standard InChI is InChI=1S/C16H24N4O4S/c1-10(2)6-7-18-16(25)20-19-15(22)11-4-5-12(13(8-11)23-3)24-9-14(17)21/h4-5,8,10H,6-7,9H2,1-3H3,(H2,17,21)(H,19,22)(H2,18,20,25). The van der Waals surface area contributed by atoms with Crippen LogP contribution in [-0.4, -0.2) is 37.2 Å². The van der Waals surface area contributed by atoms with Gasteiger partial charge in [0.1, 0.15) is 0 Å². The lowest BCUT2D eigenvalue weighted by Crippen LogP contribution is -2.47. The van der Waals surface area contributed by atoms with Crippen LogP contribution in [0.5, 0.6) is 11.5 Å². The fraction of sp³-hybridized carbons (Fsp3) is 0.438. The van der Waals surface area contributed by atoms with Gasteiger partial charge in [-0.25, -0.2) is 0 Å². The van der Waals surface area contributed by atoms with Crippen molar-refractivity contribution in [1.29, 1.82) is 0 Å². The summed E-state index contributed by atoms with van der Waals surface area (Å²) in [7, 11) is 1.43. The monoisotopic (exact) mass is 368 g/mol. The highest BCUT2D eigenvalue weighted by molar-refractivity contribution is 7.80. The van der Waals surface area contributed by atoms with Crippen LogP contribution in [0, 0.1) is 5.92 Å². The number of nitrogens with two attached hydrogens (primary N) is 1. The smallest absolute Gasteiger partial charge is 0.269 e. The Morgan fingerprint density at radius 2 is 1.96 bits per heavy atom. The van der Waals surface area contributed by atoms with E-state index in [1.165, 1.54) is 25.3 Å². The molecule has 0 aliphatic heterocycles. The first-order valence-electron chi connectivity index (χ1n) is 7.76. The molecule has 138 valence electrons. The van der Waals surface area contributed by atoms with Gasteiger partial charge in [-0.1, -0.05) is 13.8 Å². The van der Waals surface area contributed by atoms with Crippen molar-refractivity contribution in [3.05, 3.63) is 23.8 Å². The minimum absolute atomic E-state index is 0.278. The van der Waals surface area contributed by atoms with Crippen LogP contribution in [0.4, 0.5) is 0 Å². The average Bonchev–Trinajstić information content (AvgIpc) is 2.57. The molecule has 0 unspecified atom stereocenters. The SMILES string of the molecule is COc1cc(C(=O)NNC(=S)NCCC(C)C)ccc1OCC(N)=O. The van der Waals surface area contributed by atoms with E-state index in [4.69, 9.17) is 27.4 Å². The van der Waals surface area contributed by atoms with Crippen LogP contribution in [0.15, 0.2) is 18.2 Å². The van der Waals surface area contributed by atoms with Gasteiger partial charge in [0, 0.05) is 12.1 Å². The Hall–Kier alpha value is -2.55. The van der Waals surface area contributed by atoms with Gasteiger partial charge in [0.15, 0.2) is 23.2 Å². The maximum Gasteiger partial charge on any atom is 0.269 e. The number of ether oxygens (including phenoxy) is 2. The quantitative estimate of drug-likeness (QED) is 0.395. The lowest BCUT2D eigenvalue weighted by atomic mass is 10.1. The number of amides is 2.